The van der Waals surface area contributed by atoms with Crippen LogP contribution in [0.25, 0.3) is 0 Å². The highest BCUT2D eigenvalue weighted by atomic mass is 16.3. The zero-order valence-corrected chi connectivity index (χ0v) is 11.0. The van der Waals surface area contributed by atoms with Gasteiger partial charge in [0, 0.05) is 13.2 Å². The Balaban J connectivity index is 2.00. The van der Waals surface area contributed by atoms with Gasteiger partial charge in [-0.3, -0.25) is 0 Å². The molecule has 0 spiro atoms. The van der Waals surface area contributed by atoms with Crippen LogP contribution < -0.4 is 11.1 Å². The molecule has 1 aliphatic carbocycles. The molecule has 2 unspecified atom stereocenters. The summed E-state index contributed by atoms with van der Waals surface area (Å²) in [5.41, 5.74) is 6.57. The van der Waals surface area contributed by atoms with Crippen LogP contribution >= 0.6 is 0 Å². The van der Waals surface area contributed by atoms with Crippen LogP contribution in [0.5, 0.6) is 0 Å². The van der Waals surface area contributed by atoms with Crippen molar-refractivity contribution < 1.29 is 5.11 Å². The van der Waals surface area contributed by atoms with Gasteiger partial charge in [0.05, 0.1) is 17.4 Å². The molecule has 0 aromatic carbocycles. The van der Waals surface area contributed by atoms with Gasteiger partial charge < -0.3 is 16.2 Å². The molecule has 1 heterocycles. The third kappa shape index (κ3) is 3.36. The van der Waals surface area contributed by atoms with Crippen LogP contribution in [0.4, 0.5) is 11.5 Å². The lowest BCUT2D eigenvalue weighted by Gasteiger charge is -2.30. The molecular weight excluding hydrogens is 240 g/mol. The quantitative estimate of drug-likeness (QED) is 0.766. The van der Waals surface area contributed by atoms with Crippen LogP contribution in [0.1, 0.15) is 31.2 Å². The fourth-order valence-corrected chi connectivity index (χ4v) is 2.73. The van der Waals surface area contributed by atoms with Gasteiger partial charge in [-0.05, 0) is 30.7 Å². The number of pyridine rings is 1. The Bertz CT molecular complexity index is 469. The highest BCUT2D eigenvalue weighted by molar-refractivity contribution is 5.57. The van der Waals surface area contributed by atoms with Crippen LogP contribution in [0, 0.1) is 23.2 Å². The molecule has 4 N–H and O–H groups in total. The van der Waals surface area contributed by atoms with Crippen molar-refractivity contribution in [1.82, 2.24) is 4.98 Å². The number of hydrogen-bond acceptors (Lipinski definition) is 5. The second-order valence-corrected chi connectivity index (χ2v) is 5.14. The predicted octanol–water partition coefficient (Wildman–Crippen LogP) is 1.75. The van der Waals surface area contributed by atoms with Crippen molar-refractivity contribution in [3.63, 3.8) is 0 Å². The maximum atomic E-state index is 9.38. The van der Waals surface area contributed by atoms with E-state index in [0.717, 1.165) is 19.4 Å². The summed E-state index contributed by atoms with van der Waals surface area (Å²) < 4.78 is 0. The lowest BCUT2D eigenvalue weighted by Crippen LogP contribution is -2.29. The third-order valence-corrected chi connectivity index (χ3v) is 3.86. The number of aromatic nitrogens is 1. The summed E-state index contributed by atoms with van der Waals surface area (Å²) in [6, 6.07) is 3.72. The number of anilines is 2. The van der Waals surface area contributed by atoms with E-state index in [1.165, 1.54) is 12.8 Å². The predicted molar refractivity (Wildman–Crippen MR) is 74.4 cm³/mol. The Hall–Kier alpha value is -1.80. The number of nitrogen functional groups attached to an aromatic ring is 1. The average molecular weight is 260 g/mol. The van der Waals surface area contributed by atoms with Crippen LogP contribution in [0.2, 0.25) is 0 Å². The first kappa shape index (κ1) is 13.6. The van der Waals surface area contributed by atoms with Crippen molar-refractivity contribution in [3.05, 3.63) is 17.8 Å². The molecule has 5 heteroatoms. The van der Waals surface area contributed by atoms with Crippen molar-refractivity contribution in [2.75, 3.05) is 24.2 Å². The zero-order chi connectivity index (χ0) is 13.7. The fourth-order valence-electron chi connectivity index (χ4n) is 2.73. The van der Waals surface area contributed by atoms with Crippen LogP contribution in [-0.4, -0.2) is 23.2 Å². The Morgan fingerprint density at radius 1 is 1.42 bits per heavy atom. The maximum absolute atomic E-state index is 9.38. The fraction of sp³-hybridized carbons (Fsp3) is 0.571. The topological polar surface area (TPSA) is 95.0 Å². The first-order valence-electron chi connectivity index (χ1n) is 6.75. The standard InChI is InChI=1S/C14H20N4O/c15-6-12-5-13(16)8-18-14(12)17-7-10-3-1-2-4-11(10)9-19/h5,8,10-11,19H,1-4,7,9,16H2,(H,17,18). The van der Waals surface area contributed by atoms with Crippen molar-refractivity contribution in [1.29, 1.82) is 5.26 Å². The molecule has 0 aliphatic heterocycles. The Labute approximate surface area is 113 Å². The van der Waals surface area contributed by atoms with E-state index in [1.54, 1.807) is 12.3 Å². The van der Waals surface area contributed by atoms with Gasteiger partial charge in [-0.2, -0.15) is 5.26 Å². The lowest BCUT2D eigenvalue weighted by atomic mass is 9.79. The minimum Gasteiger partial charge on any atom is -0.397 e. The van der Waals surface area contributed by atoms with E-state index in [9.17, 15) is 5.11 Å². The third-order valence-electron chi connectivity index (χ3n) is 3.86. The number of rotatable bonds is 4. The number of nitrogens with two attached hydrogens (primary N) is 1. The van der Waals surface area contributed by atoms with Crippen LogP contribution in [0.3, 0.4) is 0 Å². The molecule has 1 fully saturated rings. The number of aliphatic hydroxyl groups is 1. The van der Waals surface area contributed by atoms with Gasteiger partial charge in [-0.25, -0.2) is 4.98 Å². The van der Waals surface area contributed by atoms with Crippen molar-refractivity contribution in [2.24, 2.45) is 11.8 Å². The number of nitrogens with one attached hydrogen (secondary N) is 1. The van der Waals surface area contributed by atoms with E-state index < -0.39 is 0 Å². The minimum atomic E-state index is 0.243. The lowest BCUT2D eigenvalue weighted by molar-refractivity contribution is 0.141. The number of aliphatic hydroxyl groups excluding tert-OH is 1. The smallest absolute Gasteiger partial charge is 0.144 e. The summed E-state index contributed by atoms with van der Waals surface area (Å²) >= 11 is 0. The molecule has 2 rings (SSSR count). The molecule has 0 radical (unpaired) electrons. The molecule has 0 amide bonds. The molecule has 0 saturated heterocycles. The van der Waals surface area contributed by atoms with E-state index in [2.05, 4.69) is 16.4 Å². The summed E-state index contributed by atoms with van der Waals surface area (Å²) in [6.07, 6.45) is 6.17. The molecule has 5 nitrogen and oxygen atoms in total. The second-order valence-electron chi connectivity index (χ2n) is 5.14. The molecule has 1 aliphatic rings. The molecule has 1 aromatic heterocycles. The van der Waals surface area contributed by atoms with Gasteiger partial charge in [0.25, 0.3) is 0 Å². The molecule has 19 heavy (non-hydrogen) atoms. The summed E-state index contributed by atoms with van der Waals surface area (Å²) in [4.78, 5) is 4.16. The molecule has 1 saturated carbocycles. The van der Waals surface area contributed by atoms with E-state index in [1.807, 2.05) is 0 Å². The summed E-state index contributed by atoms with van der Waals surface area (Å²) in [5.74, 6) is 1.39. The minimum absolute atomic E-state index is 0.243. The van der Waals surface area contributed by atoms with Crippen LogP contribution in [-0.2, 0) is 0 Å². The first-order valence-corrected chi connectivity index (χ1v) is 6.75. The number of nitriles is 1. The molecule has 2 atom stereocenters. The highest BCUT2D eigenvalue weighted by Crippen LogP contribution is 2.30. The van der Waals surface area contributed by atoms with Gasteiger partial charge in [0.2, 0.25) is 0 Å². The van der Waals surface area contributed by atoms with Crippen molar-refractivity contribution in [3.8, 4) is 6.07 Å². The SMILES string of the molecule is N#Cc1cc(N)cnc1NCC1CCCCC1CO. The molecular formula is C14H20N4O. The Morgan fingerprint density at radius 3 is 2.84 bits per heavy atom. The normalized spacial score (nSPS) is 22.7. The van der Waals surface area contributed by atoms with Crippen molar-refractivity contribution in [2.45, 2.75) is 25.7 Å². The largest absolute Gasteiger partial charge is 0.397 e. The van der Waals surface area contributed by atoms with Gasteiger partial charge in [0.15, 0.2) is 0 Å². The Kier molecular flexibility index (Phi) is 4.58. The maximum Gasteiger partial charge on any atom is 0.144 e. The summed E-state index contributed by atoms with van der Waals surface area (Å²) in [5, 5.41) is 21.7. The van der Waals surface area contributed by atoms with E-state index in [0.29, 0.717) is 28.9 Å². The monoisotopic (exact) mass is 260 g/mol. The Morgan fingerprint density at radius 2 is 2.16 bits per heavy atom. The van der Waals surface area contributed by atoms with Gasteiger partial charge in [-0.1, -0.05) is 12.8 Å². The molecule has 1 aromatic rings. The van der Waals surface area contributed by atoms with Gasteiger partial charge >= 0.3 is 0 Å². The number of hydrogen-bond donors (Lipinski definition) is 3. The molecule has 0 bridgehead atoms. The average Bonchev–Trinajstić information content (AvgIpc) is 2.46. The van der Waals surface area contributed by atoms with E-state index in [4.69, 9.17) is 11.0 Å². The molecule has 102 valence electrons. The van der Waals surface area contributed by atoms with Gasteiger partial charge in [-0.15, -0.1) is 0 Å². The number of nitrogens with zero attached hydrogens (tertiary/aromatic N) is 2. The summed E-state index contributed by atoms with van der Waals surface area (Å²) in [6.45, 7) is 0.990. The summed E-state index contributed by atoms with van der Waals surface area (Å²) in [7, 11) is 0. The van der Waals surface area contributed by atoms with Gasteiger partial charge in [0.1, 0.15) is 11.9 Å². The van der Waals surface area contributed by atoms with E-state index >= 15 is 0 Å². The van der Waals surface area contributed by atoms with Crippen LogP contribution in [0.15, 0.2) is 12.3 Å². The first-order chi connectivity index (χ1) is 9.24. The second kappa shape index (κ2) is 6.39. The zero-order valence-electron chi connectivity index (χ0n) is 11.0. The highest BCUT2D eigenvalue weighted by Gasteiger charge is 2.24. The van der Waals surface area contributed by atoms with E-state index in [-0.39, 0.29) is 6.61 Å². The van der Waals surface area contributed by atoms with Crippen molar-refractivity contribution >= 4 is 11.5 Å².